The van der Waals surface area contributed by atoms with E-state index in [1.54, 1.807) is 24.3 Å². The van der Waals surface area contributed by atoms with E-state index in [1.807, 2.05) is 24.3 Å². The Labute approximate surface area is 150 Å². The number of carbonyl (C=O) groups excluding carboxylic acids is 2. The molecule has 0 fully saturated rings. The number of carbonyl (C=O) groups is 2. The third kappa shape index (κ3) is 5.23. The SMILES string of the molecule is NC(=O)NC(=O)[C@H](NCCc1ccc(Cl)cc1Cl)c1ccccc1. The summed E-state index contributed by atoms with van der Waals surface area (Å²) in [6.07, 6.45) is 0.600. The molecule has 0 heterocycles. The number of hydrogen-bond acceptors (Lipinski definition) is 3. The number of imide groups is 1. The number of urea groups is 1. The molecule has 0 aliphatic carbocycles. The van der Waals surface area contributed by atoms with Crippen molar-refractivity contribution in [1.29, 1.82) is 0 Å². The van der Waals surface area contributed by atoms with Crippen molar-refractivity contribution in [3.05, 3.63) is 69.7 Å². The van der Waals surface area contributed by atoms with Crippen molar-refractivity contribution in [2.75, 3.05) is 6.54 Å². The third-order valence-corrected chi connectivity index (χ3v) is 3.99. The van der Waals surface area contributed by atoms with Gasteiger partial charge < -0.3 is 11.1 Å². The second kappa shape index (κ2) is 8.68. The summed E-state index contributed by atoms with van der Waals surface area (Å²) in [6.45, 7) is 0.479. The van der Waals surface area contributed by atoms with Gasteiger partial charge in [-0.05, 0) is 29.7 Å². The highest BCUT2D eigenvalue weighted by atomic mass is 35.5. The van der Waals surface area contributed by atoms with Crippen LogP contribution in [0, 0.1) is 0 Å². The molecule has 0 radical (unpaired) electrons. The minimum absolute atomic E-state index is 0.479. The minimum Gasteiger partial charge on any atom is -0.351 e. The van der Waals surface area contributed by atoms with E-state index in [0.717, 1.165) is 11.1 Å². The van der Waals surface area contributed by atoms with Gasteiger partial charge in [-0.1, -0.05) is 59.6 Å². The molecule has 0 saturated heterocycles. The van der Waals surface area contributed by atoms with E-state index in [-0.39, 0.29) is 0 Å². The normalized spacial score (nSPS) is 11.8. The van der Waals surface area contributed by atoms with Gasteiger partial charge in [0.2, 0.25) is 5.91 Å². The van der Waals surface area contributed by atoms with Gasteiger partial charge in [0.05, 0.1) is 0 Å². The highest BCUT2D eigenvalue weighted by molar-refractivity contribution is 6.35. The summed E-state index contributed by atoms with van der Waals surface area (Å²) in [5.41, 5.74) is 6.68. The van der Waals surface area contributed by atoms with Crippen LogP contribution in [0.4, 0.5) is 4.79 Å². The summed E-state index contributed by atoms with van der Waals surface area (Å²) < 4.78 is 0. The maximum absolute atomic E-state index is 12.2. The Bertz CT molecular complexity index is 723. The number of hydrogen-bond donors (Lipinski definition) is 3. The van der Waals surface area contributed by atoms with Gasteiger partial charge in [0.25, 0.3) is 0 Å². The molecule has 7 heteroatoms. The minimum atomic E-state index is -0.886. The van der Waals surface area contributed by atoms with Crippen LogP contribution in [-0.4, -0.2) is 18.5 Å². The van der Waals surface area contributed by atoms with Crippen LogP contribution in [0.3, 0.4) is 0 Å². The molecule has 0 aliphatic rings. The monoisotopic (exact) mass is 365 g/mol. The van der Waals surface area contributed by atoms with E-state index >= 15 is 0 Å². The Balaban J connectivity index is 2.05. The van der Waals surface area contributed by atoms with Crippen LogP contribution in [0.1, 0.15) is 17.2 Å². The average molecular weight is 366 g/mol. The molecule has 24 heavy (non-hydrogen) atoms. The molecule has 3 amide bonds. The summed E-state index contributed by atoms with van der Waals surface area (Å²) >= 11 is 12.0. The highest BCUT2D eigenvalue weighted by Gasteiger charge is 2.21. The Morgan fingerprint density at radius 1 is 1.08 bits per heavy atom. The lowest BCUT2D eigenvalue weighted by molar-refractivity contribution is -0.122. The average Bonchev–Trinajstić information content (AvgIpc) is 2.53. The molecular formula is C17H17Cl2N3O2. The van der Waals surface area contributed by atoms with Gasteiger partial charge in [0.1, 0.15) is 6.04 Å². The topological polar surface area (TPSA) is 84.2 Å². The summed E-state index contributed by atoms with van der Waals surface area (Å²) in [5.74, 6) is -0.504. The quantitative estimate of drug-likeness (QED) is 0.735. The first kappa shape index (κ1) is 18.3. The Morgan fingerprint density at radius 2 is 1.79 bits per heavy atom. The first-order valence-corrected chi connectivity index (χ1v) is 8.05. The molecule has 4 N–H and O–H groups in total. The van der Waals surface area contributed by atoms with E-state index < -0.39 is 18.0 Å². The lowest BCUT2D eigenvalue weighted by Gasteiger charge is -2.18. The fourth-order valence-electron chi connectivity index (χ4n) is 2.28. The third-order valence-electron chi connectivity index (χ3n) is 3.40. The standard InChI is InChI=1S/C17H17Cl2N3O2/c18-13-7-6-11(14(19)10-13)8-9-21-15(16(23)22-17(20)24)12-4-2-1-3-5-12/h1-7,10,15,21H,8-9H2,(H3,20,22,23,24)/t15-/m1/s1. The molecule has 2 aromatic carbocycles. The largest absolute Gasteiger partial charge is 0.351 e. The predicted octanol–water partition coefficient (Wildman–Crippen LogP) is 3.06. The van der Waals surface area contributed by atoms with E-state index in [0.29, 0.717) is 23.0 Å². The summed E-state index contributed by atoms with van der Waals surface area (Å²) in [7, 11) is 0. The number of rotatable bonds is 6. The van der Waals surface area contributed by atoms with Gasteiger partial charge in [-0.2, -0.15) is 0 Å². The second-order valence-electron chi connectivity index (χ2n) is 5.14. The molecule has 0 saturated carbocycles. The van der Waals surface area contributed by atoms with Crippen LogP contribution in [0.5, 0.6) is 0 Å². The Kier molecular flexibility index (Phi) is 6.61. The molecule has 2 rings (SSSR count). The van der Waals surface area contributed by atoms with Gasteiger partial charge in [-0.25, -0.2) is 4.79 Å². The van der Waals surface area contributed by atoms with Crippen molar-refractivity contribution in [2.24, 2.45) is 5.73 Å². The molecule has 0 unspecified atom stereocenters. The van der Waals surface area contributed by atoms with E-state index in [2.05, 4.69) is 10.6 Å². The Morgan fingerprint density at radius 3 is 2.42 bits per heavy atom. The lowest BCUT2D eigenvalue weighted by atomic mass is 10.1. The smallest absolute Gasteiger partial charge is 0.318 e. The van der Waals surface area contributed by atoms with Crippen molar-refractivity contribution in [3.8, 4) is 0 Å². The molecule has 5 nitrogen and oxygen atoms in total. The van der Waals surface area contributed by atoms with Crippen LogP contribution in [0.25, 0.3) is 0 Å². The van der Waals surface area contributed by atoms with E-state index in [9.17, 15) is 9.59 Å². The summed E-state index contributed by atoms with van der Waals surface area (Å²) in [4.78, 5) is 23.1. The molecule has 0 aliphatic heterocycles. The zero-order valence-electron chi connectivity index (χ0n) is 12.8. The summed E-state index contributed by atoms with van der Waals surface area (Å²) in [6, 6.07) is 12.8. The van der Waals surface area contributed by atoms with Crippen molar-refractivity contribution in [3.63, 3.8) is 0 Å². The number of nitrogens with one attached hydrogen (secondary N) is 2. The van der Waals surface area contributed by atoms with Gasteiger partial charge in [-0.15, -0.1) is 0 Å². The van der Waals surface area contributed by atoms with Gasteiger partial charge >= 0.3 is 6.03 Å². The van der Waals surface area contributed by atoms with Gasteiger partial charge in [-0.3, -0.25) is 10.1 Å². The van der Waals surface area contributed by atoms with Gasteiger partial charge in [0, 0.05) is 16.6 Å². The number of halogens is 2. The number of nitrogens with two attached hydrogens (primary N) is 1. The van der Waals surface area contributed by atoms with Crippen molar-refractivity contribution < 1.29 is 9.59 Å². The molecule has 0 aromatic heterocycles. The van der Waals surface area contributed by atoms with E-state index in [1.165, 1.54) is 0 Å². The number of amides is 3. The number of benzene rings is 2. The van der Waals surface area contributed by atoms with Crippen molar-refractivity contribution >= 4 is 35.1 Å². The van der Waals surface area contributed by atoms with Crippen molar-refractivity contribution in [2.45, 2.75) is 12.5 Å². The number of primary amides is 1. The lowest BCUT2D eigenvalue weighted by Crippen LogP contribution is -2.43. The zero-order valence-corrected chi connectivity index (χ0v) is 14.3. The molecule has 2 aromatic rings. The maximum atomic E-state index is 12.2. The molecule has 1 atom stereocenters. The van der Waals surface area contributed by atoms with Crippen LogP contribution < -0.4 is 16.4 Å². The molecule has 0 bridgehead atoms. The molecular weight excluding hydrogens is 349 g/mol. The predicted molar refractivity (Wildman–Crippen MR) is 95.1 cm³/mol. The molecule has 0 spiro atoms. The first-order valence-electron chi connectivity index (χ1n) is 7.30. The first-order chi connectivity index (χ1) is 11.5. The van der Waals surface area contributed by atoms with Crippen LogP contribution in [-0.2, 0) is 11.2 Å². The van der Waals surface area contributed by atoms with Crippen molar-refractivity contribution in [1.82, 2.24) is 10.6 Å². The maximum Gasteiger partial charge on any atom is 0.318 e. The fourth-order valence-corrected chi connectivity index (χ4v) is 2.78. The zero-order chi connectivity index (χ0) is 17.5. The van der Waals surface area contributed by atoms with Gasteiger partial charge in [0.15, 0.2) is 0 Å². The Hall–Kier alpha value is -2.08. The second-order valence-corrected chi connectivity index (χ2v) is 5.98. The highest BCUT2D eigenvalue weighted by Crippen LogP contribution is 2.21. The van der Waals surface area contributed by atoms with E-state index in [4.69, 9.17) is 28.9 Å². The summed E-state index contributed by atoms with van der Waals surface area (Å²) in [5, 5.41) is 6.36. The van der Waals surface area contributed by atoms with Crippen LogP contribution in [0.2, 0.25) is 10.0 Å². The van der Waals surface area contributed by atoms with Crippen LogP contribution in [0.15, 0.2) is 48.5 Å². The molecule has 126 valence electrons. The fraction of sp³-hybridized carbons (Fsp3) is 0.176. The van der Waals surface area contributed by atoms with Crippen LogP contribution >= 0.6 is 23.2 Å².